The van der Waals surface area contributed by atoms with Crippen molar-refractivity contribution in [2.75, 3.05) is 0 Å². The maximum atomic E-state index is 12.2. The molecule has 1 heterocycles. The second kappa shape index (κ2) is 5.76. The second-order valence-electron chi connectivity index (χ2n) is 4.32. The Morgan fingerprint density at radius 1 is 1.45 bits per heavy atom. The second-order valence-corrected chi connectivity index (χ2v) is 5.38. The van der Waals surface area contributed by atoms with Gasteiger partial charge in [-0.1, -0.05) is 18.2 Å². The molecule has 0 aliphatic rings. The highest BCUT2D eigenvalue weighted by Crippen LogP contribution is 2.30. The SMILES string of the molecule is C#CCC(NC(=O)c1sc2ccccc2c1C)C(=O)O. The molecule has 4 nitrogen and oxygen atoms in total. The van der Waals surface area contributed by atoms with Crippen molar-refractivity contribution in [1.29, 1.82) is 0 Å². The van der Waals surface area contributed by atoms with Gasteiger partial charge in [0.1, 0.15) is 6.04 Å². The molecule has 0 aliphatic carbocycles. The number of thiophene rings is 1. The largest absolute Gasteiger partial charge is 0.480 e. The van der Waals surface area contributed by atoms with Gasteiger partial charge in [0.05, 0.1) is 4.88 Å². The van der Waals surface area contributed by atoms with Crippen LogP contribution in [0.2, 0.25) is 0 Å². The zero-order chi connectivity index (χ0) is 14.7. The normalized spacial score (nSPS) is 11.8. The minimum atomic E-state index is -1.13. The van der Waals surface area contributed by atoms with Crippen molar-refractivity contribution in [3.05, 3.63) is 34.7 Å². The van der Waals surface area contributed by atoms with Gasteiger partial charge in [0.2, 0.25) is 0 Å². The molecule has 0 fully saturated rings. The van der Waals surface area contributed by atoms with Crippen LogP contribution in [0.1, 0.15) is 21.7 Å². The lowest BCUT2D eigenvalue weighted by atomic mass is 10.1. The number of hydrogen-bond acceptors (Lipinski definition) is 3. The molecule has 5 heteroatoms. The van der Waals surface area contributed by atoms with Crippen LogP contribution in [-0.4, -0.2) is 23.0 Å². The topological polar surface area (TPSA) is 66.4 Å². The summed E-state index contributed by atoms with van der Waals surface area (Å²) < 4.78 is 0.999. The molecule has 0 aliphatic heterocycles. The summed E-state index contributed by atoms with van der Waals surface area (Å²) in [7, 11) is 0. The number of benzene rings is 1. The standard InChI is InChI=1S/C15H13NO3S/c1-3-6-11(15(18)19)16-14(17)13-9(2)10-7-4-5-8-12(10)20-13/h1,4-5,7-8,11H,6H2,2H3,(H,16,17)(H,18,19). The summed E-state index contributed by atoms with van der Waals surface area (Å²) in [6.07, 6.45) is 5.07. The lowest BCUT2D eigenvalue weighted by molar-refractivity contribution is -0.139. The molecule has 2 rings (SSSR count). The van der Waals surface area contributed by atoms with Gasteiger partial charge in [0.15, 0.2) is 0 Å². The van der Waals surface area contributed by atoms with Crippen LogP contribution in [0.5, 0.6) is 0 Å². The molecular formula is C15H13NO3S. The van der Waals surface area contributed by atoms with Crippen molar-refractivity contribution >= 4 is 33.3 Å². The first-order valence-electron chi connectivity index (χ1n) is 6.00. The molecule has 0 radical (unpaired) electrons. The van der Waals surface area contributed by atoms with Gasteiger partial charge in [-0.05, 0) is 23.9 Å². The highest BCUT2D eigenvalue weighted by molar-refractivity contribution is 7.21. The van der Waals surface area contributed by atoms with Crippen LogP contribution in [0.25, 0.3) is 10.1 Å². The van der Waals surface area contributed by atoms with Gasteiger partial charge >= 0.3 is 5.97 Å². The van der Waals surface area contributed by atoms with Crippen molar-refractivity contribution in [3.8, 4) is 12.3 Å². The quantitative estimate of drug-likeness (QED) is 0.849. The number of aliphatic carboxylic acids is 1. The molecule has 0 bridgehead atoms. The number of fused-ring (bicyclic) bond motifs is 1. The van der Waals surface area contributed by atoms with Crippen LogP contribution in [-0.2, 0) is 4.79 Å². The van der Waals surface area contributed by atoms with Crippen LogP contribution in [0.4, 0.5) is 0 Å². The summed E-state index contributed by atoms with van der Waals surface area (Å²) in [4.78, 5) is 23.7. The van der Waals surface area contributed by atoms with Gasteiger partial charge in [-0.25, -0.2) is 4.79 Å². The van der Waals surface area contributed by atoms with Crippen LogP contribution < -0.4 is 5.32 Å². The number of hydrogen-bond donors (Lipinski definition) is 2. The van der Waals surface area contributed by atoms with Gasteiger partial charge < -0.3 is 10.4 Å². The molecule has 20 heavy (non-hydrogen) atoms. The fraction of sp³-hybridized carbons (Fsp3) is 0.200. The molecular weight excluding hydrogens is 274 g/mol. The Balaban J connectivity index is 2.30. The van der Waals surface area contributed by atoms with E-state index in [9.17, 15) is 9.59 Å². The minimum Gasteiger partial charge on any atom is -0.480 e. The average molecular weight is 287 g/mol. The number of terminal acetylenes is 1. The highest BCUT2D eigenvalue weighted by atomic mass is 32.1. The van der Waals surface area contributed by atoms with E-state index < -0.39 is 17.9 Å². The third-order valence-corrected chi connectivity index (χ3v) is 4.25. The van der Waals surface area contributed by atoms with E-state index >= 15 is 0 Å². The molecule has 0 saturated heterocycles. The molecule has 0 spiro atoms. The van der Waals surface area contributed by atoms with Crippen LogP contribution in [0.15, 0.2) is 24.3 Å². The van der Waals surface area contributed by atoms with Crippen LogP contribution in [0.3, 0.4) is 0 Å². The van der Waals surface area contributed by atoms with Crippen molar-refractivity contribution in [2.24, 2.45) is 0 Å². The number of carbonyl (C=O) groups excluding carboxylic acids is 1. The Hall–Kier alpha value is -2.32. The number of carbonyl (C=O) groups is 2. The molecule has 1 amide bonds. The van der Waals surface area contributed by atoms with E-state index in [2.05, 4.69) is 11.2 Å². The average Bonchev–Trinajstić information content (AvgIpc) is 2.76. The zero-order valence-electron chi connectivity index (χ0n) is 10.8. The number of aryl methyl sites for hydroxylation is 1. The highest BCUT2D eigenvalue weighted by Gasteiger charge is 2.22. The first-order chi connectivity index (χ1) is 9.54. The van der Waals surface area contributed by atoms with Gasteiger partial charge in [0.25, 0.3) is 5.91 Å². The summed E-state index contributed by atoms with van der Waals surface area (Å²) in [5, 5.41) is 12.5. The monoisotopic (exact) mass is 287 g/mol. The van der Waals surface area contributed by atoms with Crippen LogP contribution in [0, 0.1) is 19.3 Å². The Morgan fingerprint density at radius 2 is 2.15 bits per heavy atom. The fourth-order valence-corrected chi connectivity index (χ4v) is 3.04. The first-order valence-corrected chi connectivity index (χ1v) is 6.81. The predicted molar refractivity (Wildman–Crippen MR) is 78.9 cm³/mol. The number of carboxylic acids is 1. The Labute approximate surface area is 120 Å². The summed E-state index contributed by atoms with van der Waals surface area (Å²) >= 11 is 1.35. The van der Waals surface area contributed by atoms with E-state index in [0.29, 0.717) is 4.88 Å². The van der Waals surface area contributed by atoms with Gasteiger partial charge in [-0.3, -0.25) is 4.79 Å². The van der Waals surface area contributed by atoms with Crippen molar-refractivity contribution in [3.63, 3.8) is 0 Å². The summed E-state index contributed by atoms with van der Waals surface area (Å²) in [5.74, 6) is 0.729. The molecule has 1 atom stereocenters. The Kier molecular flexibility index (Phi) is 4.06. The summed E-state index contributed by atoms with van der Waals surface area (Å²) in [6.45, 7) is 1.85. The van der Waals surface area contributed by atoms with Crippen LogP contribution >= 0.6 is 11.3 Å². The maximum Gasteiger partial charge on any atom is 0.327 e. The number of carboxylic acid groups (broad SMARTS) is 1. The van der Waals surface area contributed by atoms with Gasteiger partial charge in [-0.2, -0.15) is 0 Å². The first kappa shape index (κ1) is 14.1. The fourth-order valence-electron chi connectivity index (χ4n) is 1.93. The lowest BCUT2D eigenvalue weighted by Gasteiger charge is -2.11. The van der Waals surface area contributed by atoms with E-state index in [1.807, 2.05) is 31.2 Å². The Morgan fingerprint density at radius 3 is 2.75 bits per heavy atom. The van der Waals surface area contributed by atoms with E-state index in [1.165, 1.54) is 11.3 Å². The molecule has 2 N–H and O–H groups in total. The number of nitrogens with one attached hydrogen (secondary N) is 1. The van der Waals surface area contributed by atoms with Crippen molar-refractivity contribution in [1.82, 2.24) is 5.32 Å². The molecule has 0 saturated carbocycles. The number of amides is 1. The van der Waals surface area contributed by atoms with E-state index in [4.69, 9.17) is 11.5 Å². The summed E-state index contributed by atoms with van der Waals surface area (Å²) in [6, 6.07) is 6.62. The van der Waals surface area contributed by atoms with Gasteiger partial charge in [-0.15, -0.1) is 23.7 Å². The van der Waals surface area contributed by atoms with E-state index in [1.54, 1.807) is 0 Å². The number of rotatable bonds is 4. The van der Waals surface area contributed by atoms with Crippen molar-refractivity contribution < 1.29 is 14.7 Å². The maximum absolute atomic E-state index is 12.2. The third-order valence-electron chi connectivity index (χ3n) is 2.98. The summed E-state index contributed by atoms with van der Waals surface area (Å²) in [5.41, 5.74) is 0.855. The minimum absolute atomic E-state index is 0.0367. The molecule has 1 aromatic carbocycles. The Bertz CT molecular complexity index is 711. The predicted octanol–water partition coefficient (Wildman–Crippen LogP) is 2.42. The lowest BCUT2D eigenvalue weighted by Crippen LogP contribution is -2.40. The smallest absolute Gasteiger partial charge is 0.327 e. The van der Waals surface area contributed by atoms with Gasteiger partial charge in [0, 0.05) is 11.1 Å². The molecule has 1 unspecified atom stereocenters. The van der Waals surface area contributed by atoms with E-state index in [0.717, 1.165) is 15.6 Å². The van der Waals surface area contributed by atoms with E-state index in [-0.39, 0.29) is 6.42 Å². The van der Waals surface area contributed by atoms with Crippen molar-refractivity contribution in [2.45, 2.75) is 19.4 Å². The molecule has 102 valence electrons. The zero-order valence-corrected chi connectivity index (χ0v) is 11.7. The molecule has 2 aromatic rings. The third kappa shape index (κ3) is 2.65. The molecule has 1 aromatic heterocycles.